The highest BCUT2D eigenvalue weighted by Crippen LogP contribution is 2.27. The van der Waals surface area contributed by atoms with Crippen molar-refractivity contribution >= 4 is 45.0 Å². The first-order chi connectivity index (χ1) is 11.5. The van der Waals surface area contributed by atoms with Crippen molar-refractivity contribution in [2.24, 2.45) is 0 Å². The van der Waals surface area contributed by atoms with E-state index < -0.39 is 0 Å². The molecule has 5 nitrogen and oxygen atoms in total. The highest BCUT2D eigenvalue weighted by atomic mass is 79.9. The molecule has 2 aromatic rings. The van der Waals surface area contributed by atoms with Crippen LogP contribution < -0.4 is 15.4 Å². The molecule has 0 saturated carbocycles. The quantitative estimate of drug-likeness (QED) is 0.758. The fourth-order valence-corrected chi connectivity index (χ4v) is 2.48. The van der Waals surface area contributed by atoms with Gasteiger partial charge >= 0.3 is 0 Å². The molecule has 0 spiro atoms. The Bertz CT molecular complexity index is 735. The number of nitrogens with one attached hydrogen (secondary N) is 2. The van der Waals surface area contributed by atoms with Crippen molar-refractivity contribution in [1.82, 2.24) is 5.32 Å². The topological polar surface area (TPSA) is 67.4 Å². The molecule has 0 aromatic heterocycles. The van der Waals surface area contributed by atoms with Crippen LogP contribution in [0.3, 0.4) is 0 Å². The fraction of sp³-hybridized carbons (Fsp3) is 0.176. The lowest BCUT2D eigenvalue weighted by Gasteiger charge is -2.09. The molecule has 126 valence electrons. The van der Waals surface area contributed by atoms with Crippen LogP contribution in [0.5, 0.6) is 5.75 Å². The van der Waals surface area contributed by atoms with E-state index in [1.807, 2.05) is 0 Å². The zero-order chi connectivity index (χ0) is 17.5. The lowest BCUT2D eigenvalue weighted by atomic mass is 10.2. The lowest BCUT2D eigenvalue weighted by Crippen LogP contribution is -2.27. The van der Waals surface area contributed by atoms with Gasteiger partial charge in [-0.25, -0.2) is 0 Å². The van der Waals surface area contributed by atoms with E-state index in [4.69, 9.17) is 16.3 Å². The van der Waals surface area contributed by atoms with E-state index in [1.54, 1.807) is 42.5 Å². The van der Waals surface area contributed by atoms with Crippen LogP contribution in [0.25, 0.3) is 0 Å². The summed E-state index contributed by atoms with van der Waals surface area (Å²) >= 11 is 9.31. The van der Waals surface area contributed by atoms with E-state index in [2.05, 4.69) is 26.6 Å². The number of benzene rings is 2. The molecule has 0 atom stereocenters. The van der Waals surface area contributed by atoms with Gasteiger partial charge in [0.2, 0.25) is 5.91 Å². The van der Waals surface area contributed by atoms with Crippen molar-refractivity contribution in [1.29, 1.82) is 0 Å². The van der Waals surface area contributed by atoms with E-state index in [0.29, 0.717) is 22.0 Å². The monoisotopic (exact) mass is 410 g/mol. The molecule has 0 aliphatic rings. The highest BCUT2D eigenvalue weighted by Gasteiger charge is 2.08. The molecule has 0 aliphatic heterocycles. The molecule has 0 bridgehead atoms. The van der Waals surface area contributed by atoms with Crippen molar-refractivity contribution in [2.45, 2.75) is 6.42 Å². The number of methoxy groups -OCH3 is 1. The average Bonchev–Trinajstić information content (AvgIpc) is 2.55. The van der Waals surface area contributed by atoms with E-state index in [-0.39, 0.29) is 24.8 Å². The third-order valence-electron chi connectivity index (χ3n) is 3.18. The molecule has 0 radical (unpaired) electrons. The molecule has 0 heterocycles. The van der Waals surface area contributed by atoms with Crippen LogP contribution in [0.4, 0.5) is 5.69 Å². The number of amides is 2. The Morgan fingerprint density at radius 2 is 1.88 bits per heavy atom. The SMILES string of the molecule is COc1ccc(NC(=O)CCNC(=O)c2ccc(Br)cc2)cc1Cl. The summed E-state index contributed by atoms with van der Waals surface area (Å²) in [7, 11) is 1.52. The number of anilines is 1. The Morgan fingerprint density at radius 1 is 1.17 bits per heavy atom. The second-order valence-corrected chi connectivity index (χ2v) is 6.23. The molecule has 0 unspecified atom stereocenters. The molecular weight excluding hydrogens is 396 g/mol. The van der Waals surface area contributed by atoms with Gasteiger partial charge in [-0.15, -0.1) is 0 Å². The van der Waals surface area contributed by atoms with Crippen LogP contribution in [0.2, 0.25) is 5.02 Å². The van der Waals surface area contributed by atoms with Crippen LogP contribution in [-0.4, -0.2) is 25.5 Å². The molecule has 0 saturated heterocycles. The minimum Gasteiger partial charge on any atom is -0.495 e. The van der Waals surface area contributed by atoms with Gasteiger partial charge in [0.05, 0.1) is 12.1 Å². The first kappa shape index (κ1) is 18.3. The predicted octanol–water partition coefficient (Wildman–Crippen LogP) is 3.87. The Labute approximate surface area is 153 Å². The molecule has 0 aliphatic carbocycles. The molecule has 2 amide bonds. The van der Waals surface area contributed by atoms with Crippen LogP contribution in [-0.2, 0) is 4.79 Å². The number of hydrogen-bond acceptors (Lipinski definition) is 3. The maximum Gasteiger partial charge on any atom is 0.251 e. The van der Waals surface area contributed by atoms with Gasteiger partial charge in [-0.1, -0.05) is 27.5 Å². The van der Waals surface area contributed by atoms with Gasteiger partial charge in [0.15, 0.2) is 0 Å². The van der Waals surface area contributed by atoms with Gasteiger partial charge in [-0.2, -0.15) is 0 Å². The normalized spacial score (nSPS) is 10.1. The van der Waals surface area contributed by atoms with Crippen molar-refractivity contribution in [2.75, 3.05) is 19.0 Å². The maximum absolute atomic E-state index is 11.9. The Kier molecular flexibility index (Phi) is 6.63. The van der Waals surface area contributed by atoms with Crippen LogP contribution in [0, 0.1) is 0 Å². The third-order valence-corrected chi connectivity index (χ3v) is 4.00. The molecule has 2 rings (SSSR count). The van der Waals surface area contributed by atoms with Gasteiger partial charge in [-0.3, -0.25) is 9.59 Å². The summed E-state index contributed by atoms with van der Waals surface area (Å²) in [6, 6.07) is 12.0. The van der Waals surface area contributed by atoms with E-state index in [9.17, 15) is 9.59 Å². The zero-order valence-electron chi connectivity index (χ0n) is 12.9. The number of ether oxygens (including phenoxy) is 1. The second-order valence-electron chi connectivity index (χ2n) is 4.91. The number of rotatable bonds is 6. The van der Waals surface area contributed by atoms with Crippen molar-refractivity contribution in [3.8, 4) is 5.75 Å². The average molecular weight is 412 g/mol. The molecule has 24 heavy (non-hydrogen) atoms. The fourth-order valence-electron chi connectivity index (χ4n) is 1.96. The van der Waals surface area contributed by atoms with Gasteiger partial charge in [0.25, 0.3) is 5.91 Å². The Hall–Kier alpha value is -2.05. The molecule has 7 heteroatoms. The highest BCUT2D eigenvalue weighted by molar-refractivity contribution is 9.10. The van der Waals surface area contributed by atoms with Gasteiger partial charge < -0.3 is 15.4 Å². The van der Waals surface area contributed by atoms with Gasteiger partial charge in [-0.05, 0) is 42.5 Å². The summed E-state index contributed by atoms with van der Waals surface area (Å²) < 4.78 is 5.95. The number of hydrogen-bond donors (Lipinski definition) is 2. The van der Waals surface area contributed by atoms with Gasteiger partial charge in [0, 0.05) is 28.7 Å². The van der Waals surface area contributed by atoms with Crippen molar-refractivity contribution in [3.05, 3.63) is 57.5 Å². The molecule has 2 N–H and O–H groups in total. The molecule has 0 fully saturated rings. The van der Waals surface area contributed by atoms with E-state index >= 15 is 0 Å². The zero-order valence-corrected chi connectivity index (χ0v) is 15.3. The number of carbonyl (C=O) groups is 2. The molecule has 2 aromatic carbocycles. The number of halogens is 2. The Balaban J connectivity index is 1.80. The summed E-state index contributed by atoms with van der Waals surface area (Å²) in [6.07, 6.45) is 0.159. The van der Waals surface area contributed by atoms with Crippen LogP contribution in [0.1, 0.15) is 16.8 Å². The lowest BCUT2D eigenvalue weighted by molar-refractivity contribution is -0.116. The van der Waals surface area contributed by atoms with Gasteiger partial charge in [0.1, 0.15) is 5.75 Å². The second kappa shape index (κ2) is 8.70. The summed E-state index contributed by atoms with van der Waals surface area (Å²) in [5.41, 5.74) is 1.12. The summed E-state index contributed by atoms with van der Waals surface area (Å²) in [6.45, 7) is 0.241. The maximum atomic E-state index is 11.9. The number of carbonyl (C=O) groups excluding carboxylic acids is 2. The minimum absolute atomic E-state index is 0.159. The first-order valence-corrected chi connectivity index (χ1v) is 8.34. The summed E-state index contributed by atoms with van der Waals surface area (Å²) in [5, 5.41) is 5.84. The smallest absolute Gasteiger partial charge is 0.251 e. The molecular formula is C17H16BrClN2O3. The standard InChI is InChI=1S/C17H16BrClN2O3/c1-24-15-7-6-13(10-14(15)19)21-16(22)8-9-20-17(23)11-2-4-12(18)5-3-11/h2-7,10H,8-9H2,1H3,(H,20,23)(H,21,22). The predicted molar refractivity (Wildman–Crippen MR) is 97.7 cm³/mol. The minimum atomic E-state index is -0.220. The summed E-state index contributed by atoms with van der Waals surface area (Å²) in [5.74, 6) is 0.103. The van der Waals surface area contributed by atoms with E-state index in [1.165, 1.54) is 7.11 Å². The van der Waals surface area contributed by atoms with Crippen molar-refractivity contribution in [3.63, 3.8) is 0 Å². The summed E-state index contributed by atoms with van der Waals surface area (Å²) in [4.78, 5) is 23.8. The van der Waals surface area contributed by atoms with Crippen LogP contribution >= 0.6 is 27.5 Å². The van der Waals surface area contributed by atoms with Crippen LogP contribution in [0.15, 0.2) is 46.9 Å². The van der Waals surface area contributed by atoms with E-state index in [0.717, 1.165) is 4.47 Å². The largest absolute Gasteiger partial charge is 0.495 e. The first-order valence-electron chi connectivity index (χ1n) is 7.17. The Morgan fingerprint density at radius 3 is 2.50 bits per heavy atom. The third kappa shape index (κ3) is 5.25. The van der Waals surface area contributed by atoms with Crippen molar-refractivity contribution < 1.29 is 14.3 Å².